The largest absolute Gasteiger partial charge is 0.463 e. The van der Waals surface area contributed by atoms with Gasteiger partial charge < -0.3 is 44.2 Å². The van der Waals surface area contributed by atoms with E-state index in [2.05, 4.69) is 11.9 Å². The highest BCUT2D eigenvalue weighted by Gasteiger charge is 2.50. The molecule has 0 radical (unpaired) electrons. The van der Waals surface area contributed by atoms with Crippen LogP contribution in [0.3, 0.4) is 0 Å². The Hall–Kier alpha value is -4.79. The summed E-state index contributed by atoms with van der Waals surface area (Å²) in [5, 5.41) is 2.52. The molecule has 7 atom stereocenters. The number of rotatable bonds is 13. The van der Waals surface area contributed by atoms with Crippen LogP contribution in [-0.4, -0.2) is 92.6 Å². The Morgan fingerprint density at radius 3 is 2.00 bits per heavy atom. The van der Waals surface area contributed by atoms with E-state index in [0.717, 1.165) is 36.1 Å². The lowest BCUT2D eigenvalue weighted by atomic mass is 9.96. The molecule has 0 spiro atoms. The van der Waals surface area contributed by atoms with Crippen molar-refractivity contribution < 1.29 is 57.1 Å². The molecule has 0 aromatic heterocycles. The molecular weight excluding hydrogens is 628 g/mol. The molecule has 0 unspecified atom stereocenters. The lowest BCUT2D eigenvalue weighted by Gasteiger charge is -2.44. The van der Waals surface area contributed by atoms with Gasteiger partial charge in [-0.05, 0) is 29.2 Å². The number of carbonyl (C=O) groups excluding carboxylic acids is 5. The summed E-state index contributed by atoms with van der Waals surface area (Å²) >= 11 is 0. The lowest BCUT2D eigenvalue weighted by Crippen LogP contribution is -2.66. The summed E-state index contributed by atoms with van der Waals surface area (Å²) < 4.78 is 38.6. The standard InChI is InChI=1S/C34H40N2O12/c1-6-15-42-32(40)29(36-34(41)44-16-26-24-13-9-7-11-22(24)23-12-8-10-14-25(23)26)18(2)45-33-28(35)31(47-21(5)39)30(46-20(4)38)27(48-33)17-43-19(3)37/h6-14,18,26-31,33H,1,15-17,35H2,2-5H3,(H,36,41)/t18-,27-,28-,29+,30-,31-,33-/m1/s1. The zero-order chi connectivity index (χ0) is 35.0. The van der Waals surface area contributed by atoms with E-state index in [1.165, 1.54) is 19.9 Å². The summed E-state index contributed by atoms with van der Waals surface area (Å²) in [6.07, 6.45) is -5.87. The van der Waals surface area contributed by atoms with Crippen molar-refractivity contribution in [2.75, 3.05) is 19.8 Å². The number of fused-ring (bicyclic) bond motifs is 3. The number of nitrogens with one attached hydrogen (secondary N) is 1. The van der Waals surface area contributed by atoms with Gasteiger partial charge in [0.2, 0.25) is 0 Å². The minimum atomic E-state index is -1.43. The summed E-state index contributed by atoms with van der Waals surface area (Å²) in [6, 6.07) is 13.0. The number of benzene rings is 2. The van der Waals surface area contributed by atoms with Crippen LogP contribution in [0.2, 0.25) is 0 Å². The fourth-order valence-electron chi connectivity index (χ4n) is 5.71. The Balaban J connectivity index is 1.51. The van der Waals surface area contributed by atoms with Crippen molar-refractivity contribution in [2.45, 2.75) is 76.4 Å². The van der Waals surface area contributed by atoms with Gasteiger partial charge in [-0.1, -0.05) is 61.2 Å². The second-order valence-corrected chi connectivity index (χ2v) is 11.3. The van der Waals surface area contributed by atoms with E-state index >= 15 is 0 Å². The Morgan fingerprint density at radius 2 is 1.44 bits per heavy atom. The summed E-state index contributed by atoms with van der Waals surface area (Å²) in [7, 11) is 0. The first-order valence-electron chi connectivity index (χ1n) is 15.3. The highest BCUT2D eigenvalue weighted by Crippen LogP contribution is 2.44. The second kappa shape index (κ2) is 16.4. The molecule has 2 aromatic carbocycles. The monoisotopic (exact) mass is 668 g/mol. The normalized spacial score (nSPS) is 22.6. The third-order valence-corrected chi connectivity index (χ3v) is 7.78. The minimum absolute atomic E-state index is 0.0143. The van der Waals surface area contributed by atoms with E-state index in [4.69, 9.17) is 38.9 Å². The minimum Gasteiger partial charge on any atom is -0.463 e. The molecule has 1 fully saturated rings. The molecule has 0 bridgehead atoms. The molecule has 1 aliphatic heterocycles. The number of hydrogen-bond acceptors (Lipinski definition) is 13. The molecule has 4 rings (SSSR count). The van der Waals surface area contributed by atoms with Gasteiger partial charge in [-0.3, -0.25) is 14.4 Å². The molecule has 2 aliphatic rings. The topological polar surface area (TPSA) is 188 Å². The Bertz CT molecular complexity index is 1470. The zero-order valence-electron chi connectivity index (χ0n) is 27.1. The summed E-state index contributed by atoms with van der Waals surface area (Å²) in [6.45, 7) is 7.86. The first kappa shape index (κ1) is 36.1. The highest BCUT2D eigenvalue weighted by molar-refractivity contribution is 5.82. The predicted octanol–water partition coefficient (Wildman–Crippen LogP) is 2.51. The van der Waals surface area contributed by atoms with E-state index in [9.17, 15) is 24.0 Å². The van der Waals surface area contributed by atoms with Gasteiger partial charge >= 0.3 is 30.0 Å². The fourth-order valence-corrected chi connectivity index (χ4v) is 5.71. The maximum Gasteiger partial charge on any atom is 0.407 e. The van der Waals surface area contributed by atoms with Crippen LogP contribution < -0.4 is 11.1 Å². The van der Waals surface area contributed by atoms with Gasteiger partial charge in [0.1, 0.15) is 25.9 Å². The first-order chi connectivity index (χ1) is 22.9. The quantitative estimate of drug-likeness (QED) is 0.180. The maximum absolute atomic E-state index is 13.2. The molecule has 0 saturated carbocycles. The number of hydrogen-bond donors (Lipinski definition) is 2. The third-order valence-electron chi connectivity index (χ3n) is 7.78. The number of carbonyl (C=O) groups is 5. The average molecular weight is 669 g/mol. The van der Waals surface area contributed by atoms with Crippen molar-refractivity contribution in [3.8, 4) is 11.1 Å². The maximum atomic E-state index is 13.2. The van der Waals surface area contributed by atoms with E-state index in [1.807, 2.05) is 48.5 Å². The number of ether oxygens (including phenoxy) is 7. The molecule has 1 saturated heterocycles. The predicted molar refractivity (Wildman–Crippen MR) is 168 cm³/mol. The molecule has 258 valence electrons. The fraction of sp³-hybridized carbons (Fsp3) is 0.441. The second-order valence-electron chi connectivity index (χ2n) is 11.3. The van der Waals surface area contributed by atoms with Crippen LogP contribution in [0.5, 0.6) is 0 Å². The molecule has 2 aromatic rings. The van der Waals surface area contributed by atoms with Gasteiger partial charge in [-0.15, -0.1) is 0 Å². The van der Waals surface area contributed by atoms with Crippen molar-refractivity contribution >= 4 is 30.0 Å². The molecular formula is C34H40N2O12. The molecule has 1 amide bonds. The number of alkyl carbamates (subject to hydrolysis) is 1. The average Bonchev–Trinajstić information content (AvgIpc) is 3.36. The van der Waals surface area contributed by atoms with Gasteiger partial charge in [-0.25, -0.2) is 9.59 Å². The molecule has 14 heteroatoms. The first-order valence-corrected chi connectivity index (χ1v) is 15.3. The smallest absolute Gasteiger partial charge is 0.407 e. The summed E-state index contributed by atoms with van der Waals surface area (Å²) in [5.41, 5.74) is 10.5. The van der Waals surface area contributed by atoms with E-state index < -0.39 is 79.4 Å². The molecule has 14 nitrogen and oxygen atoms in total. The van der Waals surface area contributed by atoms with Gasteiger partial charge in [0, 0.05) is 26.7 Å². The van der Waals surface area contributed by atoms with Crippen molar-refractivity contribution in [2.24, 2.45) is 5.73 Å². The highest BCUT2D eigenvalue weighted by atomic mass is 16.7. The summed E-state index contributed by atoms with van der Waals surface area (Å²) in [5.74, 6) is -3.22. The van der Waals surface area contributed by atoms with Gasteiger partial charge in [-0.2, -0.15) is 0 Å². The Labute approximate surface area is 277 Å². The van der Waals surface area contributed by atoms with Crippen LogP contribution in [0.1, 0.15) is 44.7 Å². The van der Waals surface area contributed by atoms with Gasteiger partial charge in [0.05, 0.1) is 12.1 Å². The summed E-state index contributed by atoms with van der Waals surface area (Å²) in [4.78, 5) is 61.8. The van der Waals surface area contributed by atoms with Crippen molar-refractivity contribution in [3.63, 3.8) is 0 Å². The molecule has 3 N–H and O–H groups in total. The van der Waals surface area contributed by atoms with Crippen molar-refractivity contribution in [3.05, 3.63) is 72.3 Å². The molecule has 1 heterocycles. The van der Waals surface area contributed by atoms with Crippen molar-refractivity contribution in [1.29, 1.82) is 0 Å². The van der Waals surface area contributed by atoms with E-state index in [0.29, 0.717) is 0 Å². The third kappa shape index (κ3) is 8.76. The molecule has 1 aliphatic carbocycles. The van der Waals surface area contributed by atoms with Crippen LogP contribution in [0, 0.1) is 0 Å². The number of amides is 1. The lowest BCUT2D eigenvalue weighted by molar-refractivity contribution is -0.284. The van der Waals surface area contributed by atoms with Crippen molar-refractivity contribution in [1.82, 2.24) is 5.32 Å². The zero-order valence-corrected chi connectivity index (χ0v) is 27.1. The number of esters is 4. The number of nitrogens with two attached hydrogens (primary N) is 1. The van der Waals surface area contributed by atoms with Crippen LogP contribution in [0.15, 0.2) is 61.2 Å². The SMILES string of the molecule is C=CCOC(=O)[C@@H](NC(=O)OCC1c2ccccc2-c2ccccc21)[C@@H](C)O[C@@H]1O[C@H](COC(C)=O)[C@@H](OC(C)=O)[C@H](OC(C)=O)[C@H]1N. The Morgan fingerprint density at radius 1 is 0.854 bits per heavy atom. The van der Waals surface area contributed by atoms with Crippen LogP contribution >= 0.6 is 0 Å². The van der Waals surface area contributed by atoms with Gasteiger partial charge in [0.15, 0.2) is 24.5 Å². The Kier molecular flexibility index (Phi) is 12.3. The van der Waals surface area contributed by atoms with E-state index in [1.54, 1.807) is 0 Å². The molecule has 48 heavy (non-hydrogen) atoms. The van der Waals surface area contributed by atoms with Gasteiger partial charge in [0.25, 0.3) is 0 Å². The van der Waals surface area contributed by atoms with Crippen LogP contribution in [0.25, 0.3) is 11.1 Å². The van der Waals surface area contributed by atoms with Crippen LogP contribution in [-0.2, 0) is 52.3 Å². The van der Waals surface area contributed by atoms with E-state index in [-0.39, 0.29) is 19.1 Å². The van der Waals surface area contributed by atoms with Crippen LogP contribution in [0.4, 0.5) is 4.79 Å².